The third-order valence-electron chi connectivity index (χ3n) is 13.2. The molecule has 0 fully saturated rings. The summed E-state index contributed by atoms with van der Waals surface area (Å²) in [5, 5.41) is 15.8. The van der Waals surface area contributed by atoms with Gasteiger partial charge in [-0.25, -0.2) is 0 Å². The number of hydrogen-bond donors (Lipinski definition) is 0. The van der Waals surface area contributed by atoms with E-state index in [2.05, 4.69) is 184 Å². The predicted molar refractivity (Wildman–Crippen MR) is 241 cm³/mol. The highest BCUT2D eigenvalue weighted by atomic mass is 14.3. The Morgan fingerprint density at radius 3 is 1.59 bits per heavy atom. The van der Waals surface area contributed by atoms with Crippen LogP contribution >= 0.6 is 0 Å². The molecule has 11 aromatic rings. The average Bonchev–Trinajstić information content (AvgIpc) is 3.73. The number of benzene rings is 11. The van der Waals surface area contributed by atoms with Crippen LogP contribution in [0.25, 0.3) is 131 Å². The normalized spacial score (nSPS) is 12.5. The van der Waals surface area contributed by atoms with Crippen molar-refractivity contribution in [2.75, 3.05) is 0 Å². The van der Waals surface area contributed by atoms with Crippen LogP contribution in [0, 0.1) is 13.8 Å². The second-order valence-electron chi connectivity index (χ2n) is 16.0. The van der Waals surface area contributed by atoms with Crippen molar-refractivity contribution < 1.29 is 0 Å². The Hall–Kier alpha value is -7.02. The van der Waals surface area contributed by atoms with Gasteiger partial charge in [0.25, 0.3) is 0 Å². The Kier molecular flexibility index (Phi) is 5.85. The summed E-state index contributed by atoms with van der Waals surface area (Å²) in [6.07, 6.45) is 0. The molecular formula is C56H34. The summed E-state index contributed by atoms with van der Waals surface area (Å²) in [4.78, 5) is 0. The van der Waals surface area contributed by atoms with E-state index in [1.165, 1.54) is 143 Å². The van der Waals surface area contributed by atoms with Gasteiger partial charge in [-0.15, -0.1) is 0 Å². The summed E-state index contributed by atoms with van der Waals surface area (Å²) in [5.74, 6) is 0. The van der Waals surface area contributed by atoms with E-state index in [9.17, 15) is 0 Å². The lowest BCUT2D eigenvalue weighted by molar-refractivity contribution is 1.47. The van der Waals surface area contributed by atoms with Crippen LogP contribution in [-0.4, -0.2) is 0 Å². The second kappa shape index (κ2) is 10.8. The smallest absolute Gasteiger partial charge is 0.00136 e. The standard InChI is InChI=1S/C56H34/c1-31-12-3-6-17-35(31)44-27-45-38(46-28-47-40-22-11-21-39-37-19-8-5-14-34(37)26-51(54(39)40)50(47)29-49(44)46)24-25-42-48(45)30-52-41-20-9-15-33-16-10-23-43(53(33)41)56(52)55(42)36-18-7-4-13-32(36)2/h3-30H,1-2H3. The molecule has 0 aromatic heterocycles. The van der Waals surface area contributed by atoms with E-state index in [1.54, 1.807) is 0 Å². The van der Waals surface area contributed by atoms with Gasteiger partial charge in [-0.3, -0.25) is 0 Å². The van der Waals surface area contributed by atoms with Crippen molar-refractivity contribution in [1.82, 2.24) is 0 Å². The highest BCUT2D eigenvalue weighted by Crippen LogP contribution is 2.56. The Morgan fingerprint density at radius 2 is 0.768 bits per heavy atom. The molecule has 56 heavy (non-hydrogen) atoms. The molecule has 2 aliphatic rings. The van der Waals surface area contributed by atoms with Crippen LogP contribution in [0.4, 0.5) is 0 Å². The average molecular weight is 707 g/mol. The molecule has 258 valence electrons. The summed E-state index contributed by atoms with van der Waals surface area (Å²) in [5.41, 5.74) is 18.5. The summed E-state index contributed by atoms with van der Waals surface area (Å²) >= 11 is 0. The Balaban J connectivity index is 1.21. The highest BCUT2D eigenvalue weighted by Gasteiger charge is 2.29. The van der Waals surface area contributed by atoms with Crippen LogP contribution in [0.2, 0.25) is 0 Å². The van der Waals surface area contributed by atoms with E-state index in [-0.39, 0.29) is 0 Å². The van der Waals surface area contributed by atoms with Crippen molar-refractivity contribution in [3.05, 3.63) is 181 Å². The fraction of sp³-hybridized carbons (Fsp3) is 0.0357. The van der Waals surface area contributed by atoms with E-state index >= 15 is 0 Å². The zero-order valence-corrected chi connectivity index (χ0v) is 31.2. The van der Waals surface area contributed by atoms with Crippen molar-refractivity contribution in [3.63, 3.8) is 0 Å². The first kappa shape index (κ1) is 30.3. The van der Waals surface area contributed by atoms with Crippen LogP contribution in [-0.2, 0) is 0 Å². The Morgan fingerprint density at radius 1 is 0.232 bits per heavy atom. The fourth-order valence-corrected chi connectivity index (χ4v) is 10.7. The molecule has 0 atom stereocenters. The lowest BCUT2D eigenvalue weighted by Gasteiger charge is -2.20. The minimum atomic E-state index is 1.29. The molecule has 0 radical (unpaired) electrons. The third-order valence-corrected chi connectivity index (χ3v) is 13.2. The molecule has 2 aliphatic carbocycles. The highest BCUT2D eigenvalue weighted by molar-refractivity contribution is 6.31. The van der Waals surface area contributed by atoms with Crippen LogP contribution in [0.15, 0.2) is 170 Å². The van der Waals surface area contributed by atoms with E-state index in [4.69, 9.17) is 0 Å². The molecule has 0 bridgehead atoms. The van der Waals surface area contributed by atoms with Crippen LogP contribution in [0.1, 0.15) is 11.1 Å². The molecule has 0 heteroatoms. The molecule has 0 N–H and O–H groups in total. The van der Waals surface area contributed by atoms with E-state index < -0.39 is 0 Å². The lowest BCUT2D eigenvalue weighted by Crippen LogP contribution is -1.93. The monoisotopic (exact) mass is 706 g/mol. The van der Waals surface area contributed by atoms with Gasteiger partial charge in [-0.2, -0.15) is 0 Å². The van der Waals surface area contributed by atoms with Crippen molar-refractivity contribution in [2.24, 2.45) is 0 Å². The summed E-state index contributed by atoms with van der Waals surface area (Å²) in [6.45, 7) is 4.52. The first-order chi connectivity index (χ1) is 27.6. The van der Waals surface area contributed by atoms with Crippen molar-refractivity contribution >= 4 is 64.6 Å². The molecule has 0 aliphatic heterocycles. The van der Waals surface area contributed by atoms with E-state index in [0.717, 1.165) is 0 Å². The Bertz CT molecular complexity index is 3590. The summed E-state index contributed by atoms with van der Waals surface area (Å²) < 4.78 is 0. The molecule has 0 saturated heterocycles. The molecule has 0 spiro atoms. The van der Waals surface area contributed by atoms with Gasteiger partial charge in [0.1, 0.15) is 0 Å². The topological polar surface area (TPSA) is 0 Å². The summed E-state index contributed by atoms with van der Waals surface area (Å²) in [7, 11) is 0. The number of hydrogen-bond acceptors (Lipinski definition) is 0. The molecular weight excluding hydrogens is 673 g/mol. The van der Waals surface area contributed by atoms with Gasteiger partial charge in [0.2, 0.25) is 0 Å². The first-order valence-electron chi connectivity index (χ1n) is 19.8. The maximum Gasteiger partial charge on any atom is -0.00136 e. The minimum absolute atomic E-state index is 1.29. The van der Waals surface area contributed by atoms with Gasteiger partial charge in [0.05, 0.1) is 0 Å². The van der Waals surface area contributed by atoms with Gasteiger partial charge in [-0.05, 0) is 187 Å². The number of rotatable bonds is 2. The molecule has 0 unspecified atom stereocenters. The summed E-state index contributed by atoms with van der Waals surface area (Å²) in [6, 6.07) is 64.6. The van der Waals surface area contributed by atoms with Gasteiger partial charge >= 0.3 is 0 Å². The number of fused-ring (bicyclic) bond motifs is 13. The Labute approximate surface area is 324 Å². The van der Waals surface area contributed by atoms with E-state index in [0.29, 0.717) is 0 Å². The quantitative estimate of drug-likeness (QED) is 0.157. The van der Waals surface area contributed by atoms with Gasteiger partial charge < -0.3 is 0 Å². The van der Waals surface area contributed by atoms with Crippen LogP contribution < -0.4 is 0 Å². The minimum Gasteiger partial charge on any atom is -0.0620 e. The third kappa shape index (κ3) is 3.83. The lowest BCUT2D eigenvalue weighted by atomic mass is 9.83. The largest absolute Gasteiger partial charge is 0.0620 e. The maximum absolute atomic E-state index is 2.52. The van der Waals surface area contributed by atoms with Gasteiger partial charge in [0, 0.05) is 0 Å². The van der Waals surface area contributed by atoms with Crippen molar-refractivity contribution in [1.29, 1.82) is 0 Å². The number of aryl methyl sites for hydroxylation is 2. The maximum atomic E-state index is 2.52. The zero-order chi connectivity index (χ0) is 36.8. The van der Waals surface area contributed by atoms with Gasteiger partial charge in [-0.1, -0.05) is 140 Å². The molecule has 0 nitrogen and oxygen atoms in total. The predicted octanol–water partition coefficient (Wildman–Crippen LogP) is 15.9. The van der Waals surface area contributed by atoms with Gasteiger partial charge in [0.15, 0.2) is 0 Å². The SMILES string of the molecule is Cc1ccccc1-c1cc2c3cc4c(c(-c5ccccc5C)c3ccc2c2cc3c(cc12)-c1cc2ccccc2c2cccc-3c12)-c1cccc2cccc-4c12. The molecule has 11 aromatic carbocycles. The van der Waals surface area contributed by atoms with Crippen LogP contribution in [0.3, 0.4) is 0 Å². The molecule has 0 saturated carbocycles. The fourth-order valence-electron chi connectivity index (χ4n) is 10.7. The van der Waals surface area contributed by atoms with Crippen LogP contribution in [0.5, 0.6) is 0 Å². The molecule has 0 heterocycles. The molecule has 0 amide bonds. The van der Waals surface area contributed by atoms with Crippen molar-refractivity contribution in [2.45, 2.75) is 13.8 Å². The second-order valence-corrected chi connectivity index (χ2v) is 16.0. The van der Waals surface area contributed by atoms with E-state index in [1.807, 2.05) is 0 Å². The molecule has 13 rings (SSSR count). The first-order valence-corrected chi connectivity index (χ1v) is 19.8. The van der Waals surface area contributed by atoms with Crippen molar-refractivity contribution in [3.8, 4) is 66.8 Å². The zero-order valence-electron chi connectivity index (χ0n) is 31.2.